The Hall–Kier alpha value is -5.54. The molecule has 14 nitrogen and oxygen atoms in total. The molecule has 2 heterocycles. The summed E-state index contributed by atoms with van der Waals surface area (Å²) in [6.07, 6.45) is 6.68. The number of hydrogen-bond donors (Lipinski definition) is 3. The summed E-state index contributed by atoms with van der Waals surface area (Å²) in [5.41, 5.74) is 2.40. The van der Waals surface area contributed by atoms with E-state index >= 15 is 0 Å². The van der Waals surface area contributed by atoms with E-state index in [1.54, 1.807) is 49.5 Å². The summed E-state index contributed by atoms with van der Waals surface area (Å²) in [6, 6.07) is 22.2. The average molecular weight is 748 g/mol. The van der Waals surface area contributed by atoms with Crippen molar-refractivity contribution in [1.82, 2.24) is 25.6 Å². The summed E-state index contributed by atoms with van der Waals surface area (Å²) in [5, 5.41) is 15.9. The molecule has 0 radical (unpaired) electrons. The van der Waals surface area contributed by atoms with Crippen LogP contribution in [0.1, 0.15) is 54.4 Å². The lowest BCUT2D eigenvalue weighted by atomic mass is 10.1. The van der Waals surface area contributed by atoms with Gasteiger partial charge in [0.25, 0.3) is 16.8 Å². The number of anilines is 4. The van der Waals surface area contributed by atoms with Gasteiger partial charge in [-0.1, -0.05) is 79.7 Å². The summed E-state index contributed by atoms with van der Waals surface area (Å²) >= 11 is 6.35. The molecule has 0 spiro atoms. The first kappa shape index (κ1) is 37.7. The van der Waals surface area contributed by atoms with Crippen molar-refractivity contribution in [2.45, 2.75) is 54.9 Å². The van der Waals surface area contributed by atoms with E-state index in [0.717, 1.165) is 37.7 Å². The number of carbonyl (C=O) groups excluding carboxylic acids is 2. The predicted octanol–water partition coefficient (Wildman–Crippen LogP) is 6.70. The SMILES string of the molecule is CNC(=O)c1ccccc1Nc1nc(Nc2cccc(CC(=O)OCCCCCCCCOc3nonc3S(=O)(=O)c3ccccc3)c2)ncc1Cl. The topological polar surface area (TPSA) is 188 Å². The molecule has 2 aromatic heterocycles. The Balaban J connectivity index is 0.982. The smallest absolute Gasteiger partial charge is 0.310 e. The molecule has 272 valence electrons. The van der Waals surface area contributed by atoms with Gasteiger partial charge in [0.1, 0.15) is 5.02 Å². The van der Waals surface area contributed by atoms with Gasteiger partial charge in [-0.3, -0.25) is 9.59 Å². The first-order valence-electron chi connectivity index (χ1n) is 16.6. The van der Waals surface area contributed by atoms with Crippen LogP contribution < -0.4 is 20.7 Å². The molecule has 5 aromatic rings. The summed E-state index contributed by atoms with van der Waals surface area (Å²) in [7, 11) is -2.33. The fraction of sp³-hybridized carbons (Fsp3) is 0.278. The fourth-order valence-electron chi connectivity index (χ4n) is 5.08. The molecule has 0 aliphatic rings. The van der Waals surface area contributed by atoms with Crippen molar-refractivity contribution in [2.75, 3.05) is 30.9 Å². The Morgan fingerprint density at radius 1 is 0.846 bits per heavy atom. The first-order chi connectivity index (χ1) is 25.2. The third-order valence-electron chi connectivity index (χ3n) is 7.71. The zero-order valence-electron chi connectivity index (χ0n) is 28.4. The molecule has 0 saturated heterocycles. The van der Waals surface area contributed by atoms with E-state index in [1.807, 2.05) is 24.3 Å². The second kappa shape index (κ2) is 18.6. The van der Waals surface area contributed by atoms with Crippen molar-refractivity contribution in [2.24, 2.45) is 0 Å². The van der Waals surface area contributed by atoms with E-state index in [2.05, 4.69) is 40.9 Å². The highest BCUT2D eigenvalue weighted by atomic mass is 35.5. The standard InChI is InChI=1S/C36H38ClN7O7S/c1-38-33(46)28-18-9-10-19-30(28)41-32-29(37)24-39-36(42-32)40-26-15-13-14-25(22-26)23-31(45)49-20-11-4-2-3-5-12-21-50-34-35(44-51-43-34)52(47,48)27-16-7-6-8-17-27/h6-10,13-19,22,24H,2-5,11-12,20-21,23H2,1H3,(H,38,46)(H2,39,40,41,42). The molecule has 0 aliphatic heterocycles. The van der Waals surface area contributed by atoms with E-state index in [9.17, 15) is 18.0 Å². The Bertz CT molecular complexity index is 2060. The van der Waals surface area contributed by atoms with Gasteiger partial charge in [0.15, 0.2) is 5.82 Å². The highest BCUT2D eigenvalue weighted by molar-refractivity contribution is 7.91. The van der Waals surface area contributed by atoms with Crippen molar-refractivity contribution < 1.29 is 32.1 Å². The second-order valence-electron chi connectivity index (χ2n) is 11.5. The molecular weight excluding hydrogens is 710 g/mol. The van der Waals surface area contributed by atoms with Crippen LogP contribution in [0.3, 0.4) is 0 Å². The Morgan fingerprint density at radius 3 is 2.37 bits per heavy atom. The average Bonchev–Trinajstić information content (AvgIpc) is 3.64. The lowest BCUT2D eigenvalue weighted by Gasteiger charge is -2.13. The fourth-order valence-corrected chi connectivity index (χ4v) is 6.41. The van der Waals surface area contributed by atoms with Crippen LogP contribution in [0.2, 0.25) is 5.02 Å². The minimum Gasteiger partial charge on any atom is -0.473 e. The number of ether oxygens (including phenoxy) is 2. The van der Waals surface area contributed by atoms with E-state index < -0.39 is 9.84 Å². The molecule has 3 aromatic carbocycles. The Morgan fingerprint density at radius 2 is 1.58 bits per heavy atom. The van der Waals surface area contributed by atoms with Crippen LogP contribution in [0.5, 0.6) is 5.88 Å². The van der Waals surface area contributed by atoms with Crippen LogP contribution in [-0.2, 0) is 25.8 Å². The highest BCUT2D eigenvalue weighted by Crippen LogP contribution is 2.28. The maximum absolute atomic E-state index is 12.8. The maximum atomic E-state index is 12.8. The normalized spacial score (nSPS) is 11.1. The number of hydrogen-bond acceptors (Lipinski definition) is 13. The lowest BCUT2D eigenvalue weighted by molar-refractivity contribution is -0.142. The van der Waals surface area contributed by atoms with Crippen LogP contribution in [0.25, 0.3) is 0 Å². The van der Waals surface area contributed by atoms with Gasteiger partial charge in [-0.2, -0.15) is 4.98 Å². The van der Waals surface area contributed by atoms with Crippen molar-refractivity contribution in [3.8, 4) is 5.88 Å². The molecule has 1 amide bonds. The number of aromatic nitrogens is 4. The number of nitrogens with zero attached hydrogens (tertiary/aromatic N) is 4. The van der Waals surface area contributed by atoms with Crippen molar-refractivity contribution in [1.29, 1.82) is 0 Å². The summed E-state index contributed by atoms with van der Waals surface area (Å²) in [4.78, 5) is 33.6. The zero-order valence-corrected chi connectivity index (χ0v) is 30.0. The van der Waals surface area contributed by atoms with Crippen molar-refractivity contribution in [3.05, 3.63) is 101 Å². The number of benzene rings is 3. The monoisotopic (exact) mass is 747 g/mol. The van der Waals surface area contributed by atoms with Gasteiger partial charge in [0.2, 0.25) is 15.8 Å². The number of carbonyl (C=O) groups is 2. The van der Waals surface area contributed by atoms with Gasteiger partial charge in [-0.15, -0.1) is 0 Å². The molecule has 0 unspecified atom stereocenters. The minimum absolute atomic E-state index is 0.0849. The highest BCUT2D eigenvalue weighted by Gasteiger charge is 2.28. The number of amides is 1. The van der Waals surface area contributed by atoms with Crippen LogP contribution in [-0.4, -0.2) is 60.8 Å². The first-order valence-corrected chi connectivity index (χ1v) is 18.5. The number of esters is 1. The number of halogens is 1. The number of sulfone groups is 1. The lowest BCUT2D eigenvalue weighted by Crippen LogP contribution is -2.19. The molecule has 0 saturated carbocycles. The molecular formula is C36H38ClN7O7S. The summed E-state index contributed by atoms with van der Waals surface area (Å²) in [6.45, 7) is 0.607. The molecule has 16 heteroatoms. The van der Waals surface area contributed by atoms with Gasteiger partial charge in [0.05, 0.1) is 42.0 Å². The Kier molecular flexibility index (Phi) is 13.5. The number of unbranched alkanes of at least 4 members (excludes halogenated alkanes) is 5. The summed E-state index contributed by atoms with van der Waals surface area (Å²) < 4.78 is 41.2. The minimum atomic E-state index is -3.89. The molecule has 5 rings (SSSR count). The quantitative estimate of drug-likeness (QED) is 0.0599. The van der Waals surface area contributed by atoms with E-state index in [-0.39, 0.29) is 51.7 Å². The maximum Gasteiger partial charge on any atom is 0.310 e. The third kappa shape index (κ3) is 10.5. The summed E-state index contributed by atoms with van der Waals surface area (Å²) in [5.74, 6) is -0.133. The molecule has 0 fully saturated rings. The van der Waals surface area contributed by atoms with Crippen LogP contribution in [0.15, 0.2) is 99.6 Å². The van der Waals surface area contributed by atoms with Gasteiger partial charge in [-0.05, 0) is 65.1 Å². The van der Waals surface area contributed by atoms with Crippen molar-refractivity contribution in [3.63, 3.8) is 0 Å². The van der Waals surface area contributed by atoms with Crippen LogP contribution >= 0.6 is 11.6 Å². The number of para-hydroxylation sites is 1. The molecule has 52 heavy (non-hydrogen) atoms. The third-order valence-corrected chi connectivity index (χ3v) is 9.63. The second-order valence-corrected chi connectivity index (χ2v) is 13.8. The molecule has 0 bridgehead atoms. The van der Waals surface area contributed by atoms with E-state index in [1.165, 1.54) is 18.3 Å². The number of nitrogens with one attached hydrogen (secondary N) is 3. The van der Waals surface area contributed by atoms with Crippen LogP contribution in [0, 0.1) is 0 Å². The van der Waals surface area contributed by atoms with Crippen LogP contribution in [0.4, 0.5) is 23.1 Å². The number of rotatable bonds is 19. The van der Waals surface area contributed by atoms with Gasteiger partial charge in [0, 0.05) is 12.7 Å². The van der Waals surface area contributed by atoms with Gasteiger partial charge >= 0.3 is 5.97 Å². The molecule has 0 atom stereocenters. The predicted molar refractivity (Wildman–Crippen MR) is 194 cm³/mol. The van der Waals surface area contributed by atoms with Gasteiger partial charge < -0.3 is 25.4 Å². The van der Waals surface area contributed by atoms with E-state index in [0.29, 0.717) is 35.8 Å². The largest absolute Gasteiger partial charge is 0.473 e. The van der Waals surface area contributed by atoms with Gasteiger partial charge in [-0.25, -0.2) is 18.0 Å². The molecule has 0 aliphatic carbocycles. The zero-order chi connectivity index (χ0) is 36.8. The van der Waals surface area contributed by atoms with Crippen molar-refractivity contribution >= 4 is 56.5 Å². The molecule has 3 N–H and O–H groups in total. The van der Waals surface area contributed by atoms with E-state index in [4.69, 9.17) is 21.1 Å². The Labute approximate surface area is 306 Å².